The molecule has 1 amide bonds. The molecule has 2 aliphatic carbocycles. The molecule has 0 atom stereocenters. The molecule has 1 N–H and O–H groups in total. The van der Waals surface area contributed by atoms with Crippen LogP contribution in [-0.2, 0) is 12.8 Å². The molecule has 0 bridgehead atoms. The molecule has 5 heteroatoms. The van der Waals surface area contributed by atoms with E-state index in [-0.39, 0.29) is 5.91 Å². The molecule has 1 aromatic heterocycles. The number of aryl methyl sites for hydroxylation is 2. The monoisotopic (exact) mass is 325 g/mol. The molecule has 1 heterocycles. The number of hydrogen-bond acceptors (Lipinski definition) is 4. The second-order valence-electron chi connectivity index (χ2n) is 6.23. The molecule has 4 rings (SSSR count). The molecular weight excluding hydrogens is 306 g/mol. The quantitative estimate of drug-likeness (QED) is 0.686. The second-order valence-corrected chi connectivity index (χ2v) is 7.00. The van der Waals surface area contributed by atoms with Gasteiger partial charge in [0.25, 0.3) is 5.91 Å². The van der Waals surface area contributed by atoms with E-state index in [4.69, 9.17) is 0 Å². The third-order valence-corrected chi connectivity index (χ3v) is 5.04. The molecular formula is C18H19N3OS. The Labute approximate surface area is 140 Å². The fraction of sp³-hybridized carbons (Fsp3) is 0.389. The summed E-state index contributed by atoms with van der Waals surface area (Å²) in [6, 6.07) is 8.06. The van der Waals surface area contributed by atoms with Crippen LogP contribution in [-0.4, -0.2) is 22.1 Å². The zero-order valence-corrected chi connectivity index (χ0v) is 13.9. The lowest BCUT2D eigenvalue weighted by Gasteiger charge is -2.09. The van der Waals surface area contributed by atoms with Crippen molar-refractivity contribution in [1.29, 1.82) is 0 Å². The number of aromatic nitrogens is 2. The summed E-state index contributed by atoms with van der Waals surface area (Å²) in [5, 5.41) is 3.66. The highest BCUT2D eigenvalue weighted by Gasteiger charge is 2.27. The van der Waals surface area contributed by atoms with E-state index in [0.717, 1.165) is 37.1 Å². The Kier molecular flexibility index (Phi) is 3.81. The minimum absolute atomic E-state index is 0.150. The predicted molar refractivity (Wildman–Crippen MR) is 92.2 cm³/mol. The number of hydrogen-bond donors (Lipinski definition) is 1. The number of amides is 1. The number of carbonyl (C=O) groups excluding carboxylic acids is 1. The van der Waals surface area contributed by atoms with E-state index in [2.05, 4.69) is 27.4 Å². The molecule has 0 unspecified atom stereocenters. The van der Waals surface area contributed by atoms with Crippen LogP contribution in [0.5, 0.6) is 0 Å². The molecule has 2 aliphatic rings. The first kappa shape index (κ1) is 14.7. The smallest absolute Gasteiger partial charge is 0.274 e. The first-order chi connectivity index (χ1) is 11.2. The summed E-state index contributed by atoms with van der Waals surface area (Å²) in [5.41, 5.74) is 5.09. The van der Waals surface area contributed by atoms with Gasteiger partial charge in [-0.3, -0.25) is 4.79 Å². The first-order valence-corrected chi connectivity index (χ1v) is 9.31. The SMILES string of the molecule is CSc1nc(C(=O)Nc2ccc3c(c2)CCC3)cc(C2CC2)n1. The normalized spacial score (nSPS) is 16.2. The van der Waals surface area contributed by atoms with Crippen molar-refractivity contribution < 1.29 is 4.79 Å². The van der Waals surface area contributed by atoms with Crippen molar-refractivity contribution in [3.63, 3.8) is 0 Å². The number of anilines is 1. The number of fused-ring (bicyclic) bond motifs is 1. The van der Waals surface area contributed by atoms with E-state index in [9.17, 15) is 4.79 Å². The van der Waals surface area contributed by atoms with Crippen LogP contribution in [0.15, 0.2) is 29.4 Å². The number of carbonyl (C=O) groups is 1. The van der Waals surface area contributed by atoms with Crippen molar-refractivity contribution in [2.45, 2.75) is 43.2 Å². The van der Waals surface area contributed by atoms with Crippen molar-refractivity contribution in [3.8, 4) is 0 Å². The highest BCUT2D eigenvalue weighted by Crippen LogP contribution is 2.39. The van der Waals surface area contributed by atoms with Gasteiger partial charge in [-0.15, -0.1) is 0 Å². The fourth-order valence-electron chi connectivity index (χ4n) is 3.08. The summed E-state index contributed by atoms with van der Waals surface area (Å²) in [5.74, 6) is 0.359. The van der Waals surface area contributed by atoms with Crippen LogP contribution >= 0.6 is 11.8 Å². The van der Waals surface area contributed by atoms with Gasteiger partial charge in [-0.25, -0.2) is 9.97 Å². The summed E-state index contributed by atoms with van der Waals surface area (Å²) >= 11 is 1.48. The zero-order chi connectivity index (χ0) is 15.8. The Balaban J connectivity index is 1.57. The summed E-state index contributed by atoms with van der Waals surface area (Å²) in [4.78, 5) is 21.5. The second kappa shape index (κ2) is 5.96. The van der Waals surface area contributed by atoms with Crippen molar-refractivity contribution in [3.05, 3.63) is 46.8 Å². The predicted octanol–water partition coefficient (Wildman–Crippen LogP) is 3.82. The molecule has 1 saturated carbocycles. The van der Waals surface area contributed by atoms with Crippen LogP contribution in [0.1, 0.15) is 52.5 Å². The topological polar surface area (TPSA) is 54.9 Å². The Morgan fingerprint density at radius 2 is 2.00 bits per heavy atom. The standard InChI is InChI=1S/C18H19N3OS/c1-23-18-20-15(12-5-6-12)10-16(21-18)17(22)19-14-8-7-11-3-2-4-13(11)9-14/h7-10,12H,2-6H2,1H3,(H,19,22). The Morgan fingerprint density at radius 1 is 1.17 bits per heavy atom. The van der Waals surface area contributed by atoms with E-state index >= 15 is 0 Å². The van der Waals surface area contributed by atoms with E-state index in [1.807, 2.05) is 18.4 Å². The van der Waals surface area contributed by atoms with Crippen LogP contribution in [0.3, 0.4) is 0 Å². The van der Waals surface area contributed by atoms with Crippen molar-refractivity contribution in [2.75, 3.05) is 11.6 Å². The maximum atomic E-state index is 12.6. The lowest BCUT2D eigenvalue weighted by Crippen LogP contribution is -2.15. The molecule has 0 saturated heterocycles. The number of benzene rings is 1. The number of nitrogens with one attached hydrogen (secondary N) is 1. The summed E-state index contributed by atoms with van der Waals surface area (Å²) in [6.45, 7) is 0. The van der Waals surface area contributed by atoms with Crippen LogP contribution in [0, 0.1) is 0 Å². The highest BCUT2D eigenvalue weighted by molar-refractivity contribution is 7.98. The van der Waals surface area contributed by atoms with Gasteiger partial charge in [0.05, 0.1) is 0 Å². The maximum Gasteiger partial charge on any atom is 0.274 e. The van der Waals surface area contributed by atoms with Gasteiger partial charge in [0, 0.05) is 17.3 Å². The van der Waals surface area contributed by atoms with E-state index in [1.54, 1.807) is 0 Å². The summed E-state index contributed by atoms with van der Waals surface area (Å²) in [7, 11) is 0. The van der Waals surface area contributed by atoms with Crippen molar-refractivity contribution in [2.24, 2.45) is 0 Å². The Morgan fingerprint density at radius 3 is 2.78 bits per heavy atom. The van der Waals surface area contributed by atoms with Crippen molar-refractivity contribution >= 4 is 23.4 Å². The largest absolute Gasteiger partial charge is 0.321 e. The number of thioether (sulfide) groups is 1. The van der Waals surface area contributed by atoms with Gasteiger partial charge in [-0.2, -0.15) is 0 Å². The minimum Gasteiger partial charge on any atom is -0.321 e. The summed E-state index contributed by atoms with van der Waals surface area (Å²) < 4.78 is 0. The van der Waals surface area contributed by atoms with Crippen LogP contribution < -0.4 is 5.32 Å². The van der Waals surface area contributed by atoms with Gasteiger partial charge in [0.2, 0.25) is 0 Å². The molecule has 2 aromatic rings. The van der Waals surface area contributed by atoms with Crippen molar-refractivity contribution in [1.82, 2.24) is 9.97 Å². The molecule has 0 aliphatic heterocycles. The van der Waals surface area contributed by atoms with Gasteiger partial charge in [-0.1, -0.05) is 17.8 Å². The number of rotatable bonds is 4. The minimum atomic E-state index is -0.150. The Bertz CT molecular complexity index is 771. The van der Waals surface area contributed by atoms with E-state index < -0.39 is 0 Å². The lowest BCUT2D eigenvalue weighted by atomic mass is 10.1. The van der Waals surface area contributed by atoms with Crippen LogP contribution in [0.2, 0.25) is 0 Å². The third kappa shape index (κ3) is 3.11. The fourth-order valence-corrected chi connectivity index (χ4v) is 3.47. The average Bonchev–Trinajstić information content (AvgIpc) is 3.32. The first-order valence-electron chi connectivity index (χ1n) is 8.09. The molecule has 1 fully saturated rings. The number of nitrogens with zero attached hydrogens (tertiary/aromatic N) is 2. The maximum absolute atomic E-state index is 12.6. The third-order valence-electron chi connectivity index (χ3n) is 4.49. The van der Waals surface area contributed by atoms with Gasteiger partial charge in [0.1, 0.15) is 5.69 Å². The molecule has 1 aromatic carbocycles. The van der Waals surface area contributed by atoms with Gasteiger partial charge in [-0.05, 0) is 67.7 Å². The van der Waals surface area contributed by atoms with Gasteiger partial charge in [0.15, 0.2) is 5.16 Å². The molecule has 0 spiro atoms. The average molecular weight is 325 g/mol. The Hall–Kier alpha value is -1.88. The van der Waals surface area contributed by atoms with E-state index in [0.29, 0.717) is 16.8 Å². The zero-order valence-electron chi connectivity index (χ0n) is 13.1. The van der Waals surface area contributed by atoms with Crippen LogP contribution in [0.25, 0.3) is 0 Å². The highest BCUT2D eigenvalue weighted by atomic mass is 32.2. The summed E-state index contributed by atoms with van der Waals surface area (Å²) in [6.07, 6.45) is 7.73. The van der Waals surface area contributed by atoms with Gasteiger partial charge < -0.3 is 5.32 Å². The molecule has 118 valence electrons. The van der Waals surface area contributed by atoms with Gasteiger partial charge >= 0.3 is 0 Å². The lowest BCUT2D eigenvalue weighted by molar-refractivity contribution is 0.102. The molecule has 4 nitrogen and oxygen atoms in total. The molecule has 0 radical (unpaired) electrons. The van der Waals surface area contributed by atoms with Crippen LogP contribution in [0.4, 0.5) is 5.69 Å². The molecule has 23 heavy (non-hydrogen) atoms. The van der Waals surface area contributed by atoms with E-state index in [1.165, 1.54) is 29.3 Å².